The second-order valence-corrected chi connectivity index (χ2v) is 3.22. The summed E-state index contributed by atoms with van der Waals surface area (Å²) in [6.45, 7) is 0. The number of carbonyl (C=O) groups excluding carboxylic acids is 1. The number of pyridine rings is 1. The number of hydrogen-bond acceptors (Lipinski definition) is 2. The Bertz CT molecular complexity index is 478. The van der Waals surface area contributed by atoms with E-state index in [4.69, 9.17) is 23.2 Å². The largest absolute Gasteiger partial charge is 0.295 e. The third kappa shape index (κ3) is 1.20. The van der Waals surface area contributed by atoms with E-state index in [1.165, 1.54) is 0 Å². The van der Waals surface area contributed by atoms with Gasteiger partial charge in [0.05, 0.1) is 5.02 Å². The quantitative estimate of drug-likeness (QED) is 0.684. The molecule has 3 nitrogen and oxygen atoms in total. The molecule has 2 rings (SSSR count). The van der Waals surface area contributed by atoms with Crippen molar-refractivity contribution in [3.05, 3.63) is 34.3 Å². The summed E-state index contributed by atoms with van der Waals surface area (Å²) in [4.78, 5) is 14.4. The molecule has 0 aliphatic heterocycles. The first-order valence-corrected chi connectivity index (χ1v) is 4.27. The van der Waals surface area contributed by atoms with Crippen LogP contribution in [0.3, 0.4) is 0 Å². The van der Waals surface area contributed by atoms with Crippen LogP contribution in [-0.2, 0) is 0 Å². The number of hydrogen-bond donors (Lipinski definition) is 0. The van der Waals surface area contributed by atoms with E-state index in [-0.39, 0.29) is 11.0 Å². The molecule has 0 aromatic carbocycles. The van der Waals surface area contributed by atoms with E-state index < -0.39 is 0 Å². The molecule has 0 aliphatic carbocycles. The van der Waals surface area contributed by atoms with Gasteiger partial charge in [-0.3, -0.25) is 9.20 Å². The van der Waals surface area contributed by atoms with Crippen molar-refractivity contribution < 1.29 is 4.79 Å². The first kappa shape index (κ1) is 8.53. The molecule has 0 saturated carbocycles. The minimum absolute atomic E-state index is 0.243. The third-order valence-electron chi connectivity index (χ3n) is 1.71. The van der Waals surface area contributed by atoms with Crippen LogP contribution < -0.4 is 0 Å². The Morgan fingerprint density at radius 3 is 2.92 bits per heavy atom. The van der Waals surface area contributed by atoms with Gasteiger partial charge in [-0.2, -0.15) is 0 Å². The van der Waals surface area contributed by atoms with E-state index in [0.29, 0.717) is 16.8 Å². The van der Waals surface area contributed by atoms with Crippen molar-refractivity contribution in [3.8, 4) is 0 Å². The molecule has 0 bridgehead atoms. The lowest BCUT2D eigenvalue weighted by Gasteiger charge is -1.95. The molecule has 0 amide bonds. The molecule has 0 radical (unpaired) electrons. The molecule has 2 aromatic heterocycles. The topological polar surface area (TPSA) is 34.4 Å². The van der Waals surface area contributed by atoms with Crippen LogP contribution in [0.25, 0.3) is 5.52 Å². The highest BCUT2D eigenvalue weighted by atomic mass is 35.5. The fraction of sp³-hybridized carbons (Fsp3) is 0. The van der Waals surface area contributed by atoms with Gasteiger partial charge in [0, 0.05) is 6.20 Å². The third-order valence-corrected chi connectivity index (χ3v) is 2.27. The van der Waals surface area contributed by atoms with Gasteiger partial charge in [0.25, 0.3) is 0 Å². The molecule has 0 unspecified atom stereocenters. The second kappa shape index (κ2) is 3.01. The molecular weight excluding hydrogens is 211 g/mol. The van der Waals surface area contributed by atoms with Crippen molar-refractivity contribution in [2.45, 2.75) is 0 Å². The number of imidazole rings is 1. The summed E-state index contributed by atoms with van der Waals surface area (Å²) in [5, 5.41) is 0.723. The molecule has 2 aromatic rings. The maximum absolute atomic E-state index is 10.6. The SMILES string of the molecule is O=Cc1nc(Cl)c2c(Cl)cccn12. The van der Waals surface area contributed by atoms with Crippen molar-refractivity contribution >= 4 is 35.0 Å². The predicted octanol–water partition coefficient (Wildman–Crippen LogP) is 2.45. The van der Waals surface area contributed by atoms with E-state index in [1.54, 1.807) is 22.7 Å². The minimum Gasteiger partial charge on any atom is -0.295 e. The number of rotatable bonds is 1. The fourth-order valence-corrected chi connectivity index (χ4v) is 1.74. The van der Waals surface area contributed by atoms with Gasteiger partial charge in [-0.25, -0.2) is 4.98 Å². The molecule has 5 heteroatoms. The Morgan fingerprint density at radius 2 is 2.23 bits per heavy atom. The first-order valence-electron chi connectivity index (χ1n) is 3.51. The van der Waals surface area contributed by atoms with Crippen molar-refractivity contribution in [1.82, 2.24) is 9.38 Å². The number of halogens is 2. The molecule has 0 aliphatic rings. The van der Waals surface area contributed by atoms with E-state index in [1.807, 2.05) is 0 Å². The van der Waals surface area contributed by atoms with Crippen LogP contribution in [0.4, 0.5) is 0 Å². The second-order valence-electron chi connectivity index (χ2n) is 2.45. The average molecular weight is 215 g/mol. The lowest BCUT2D eigenvalue weighted by atomic mass is 10.4. The number of aromatic nitrogens is 2. The summed E-state index contributed by atoms with van der Waals surface area (Å²) >= 11 is 11.7. The Kier molecular flexibility index (Phi) is 1.98. The van der Waals surface area contributed by atoms with Crippen molar-refractivity contribution in [2.75, 3.05) is 0 Å². The lowest BCUT2D eigenvalue weighted by molar-refractivity contribution is 0.111. The van der Waals surface area contributed by atoms with E-state index in [0.717, 1.165) is 0 Å². The molecule has 13 heavy (non-hydrogen) atoms. The number of carbonyl (C=O) groups is 1. The first-order chi connectivity index (χ1) is 6.24. The molecular formula is C8H4Cl2N2O. The zero-order chi connectivity index (χ0) is 9.42. The maximum Gasteiger partial charge on any atom is 0.186 e. The van der Waals surface area contributed by atoms with Crippen LogP contribution in [-0.4, -0.2) is 15.7 Å². The van der Waals surface area contributed by atoms with Gasteiger partial charge in [0.15, 0.2) is 17.3 Å². The van der Waals surface area contributed by atoms with Gasteiger partial charge in [-0.05, 0) is 12.1 Å². The Balaban J connectivity index is 2.95. The number of fused-ring (bicyclic) bond motifs is 1. The zero-order valence-electron chi connectivity index (χ0n) is 6.37. The van der Waals surface area contributed by atoms with Gasteiger partial charge in [-0.1, -0.05) is 23.2 Å². The molecule has 66 valence electrons. The zero-order valence-corrected chi connectivity index (χ0v) is 7.88. The van der Waals surface area contributed by atoms with Crippen molar-refractivity contribution in [1.29, 1.82) is 0 Å². The van der Waals surface area contributed by atoms with Gasteiger partial charge in [0.1, 0.15) is 5.52 Å². The van der Waals surface area contributed by atoms with Gasteiger partial charge in [-0.15, -0.1) is 0 Å². The summed E-state index contributed by atoms with van der Waals surface area (Å²) in [5.74, 6) is 0.252. The van der Waals surface area contributed by atoms with E-state index in [9.17, 15) is 4.79 Å². The molecule has 2 heterocycles. The fourth-order valence-electron chi connectivity index (χ4n) is 1.16. The summed E-state index contributed by atoms with van der Waals surface area (Å²) in [6.07, 6.45) is 2.32. The summed E-state index contributed by atoms with van der Waals surface area (Å²) < 4.78 is 1.55. The smallest absolute Gasteiger partial charge is 0.186 e. The van der Waals surface area contributed by atoms with Crippen LogP contribution in [0.1, 0.15) is 10.6 Å². The molecule has 0 saturated heterocycles. The number of aldehydes is 1. The highest BCUT2D eigenvalue weighted by molar-refractivity contribution is 6.39. The van der Waals surface area contributed by atoms with Crippen LogP contribution in [0.15, 0.2) is 18.3 Å². The van der Waals surface area contributed by atoms with Gasteiger partial charge < -0.3 is 0 Å². The molecule has 0 atom stereocenters. The summed E-state index contributed by atoms with van der Waals surface area (Å²) in [6, 6.07) is 3.42. The van der Waals surface area contributed by atoms with Crippen molar-refractivity contribution in [3.63, 3.8) is 0 Å². The predicted molar refractivity (Wildman–Crippen MR) is 50.6 cm³/mol. The van der Waals surface area contributed by atoms with Crippen LogP contribution >= 0.6 is 23.2 Å². The highest BCUT2D eigenvalue weighted by Crippen LogP contribution is 2.24. The van der Waals surface area contributed by atoms with Crippen LogP contribution in [0, 0.1) is 0 Å². The highest BCUT2D eigenvalue weighted by Gasteiger charge is 2.10. The summed E-state index contributed by atoms with van der Waals surface area (Å²) in [7, 11) is 0. The van der Waals surface area contributed by atoms with E-state index in [2.05, 4.69) is 4.98 Å². The lowest BCUT2D eigenvalue weighted by Crippen LogP contribution is -1.90. The monoisotopic (exact) mass is 214 g/mol. The van der Waals surface area contributed by atoms with Crippen LogP contribution in [0.5, 0.6) is 0 Å². The standard InChI is InChI=1S/C8H4Cl2N2O/c9-5-2-1-3-12-6(4-13)11-8(10)7(5)12/h1-4H. The Morgan fingerprint density at radius 1 is 1.46 bits per heavy atom. The van der Waals surface area contributed by atoms with Crippen LogP contribution in [0.2, 0.25) is 10.2 Å². The van der Waals surface area contributed by atoms with E-state index >= 15 is 0 Å². The Hall–Kier alpha value is -1.06. The van der Waals surface area contributed by atoms with Gasteiger partial charge in [0.2, 0.25) is 0 Å². The van der Waals surface area contributed by atoms with Gasteiger partial charge >= 0.3 is 0 Å². The Labute approximate surface area is 83.9 Å². The maximum atomic E-state index is 10.6. The normalized spacial score (nSPS) is 10.6. The summed E-state index contributed by atoms with van der Waals surface area (Å²) in [5.41, 5.74) is 0.563. The number of nitrogens with zero attached hydrogens (tertiary/aromatic N) is 2. The average Bonchev–Trinajstić information content (AvgIpc) is 2.44. The molecule has 0 N–H and O–H groups in total. The molecule has 0 spiro atoms. The van der Waals surface area contributed by atoms with Crippen molar-refractivity contribution in [2.24, 2.45) is 0 Å². The molecule has 0 fully saturated rings. The minimum atomic E-state index is 0.243.